The van der Waals surface area contributed by atoms with Gasteiger partial charge in [-0.3, -0.25) is 0 Å². The van der Waals surface area contributed by atoms with Crippen LogP contribution in [0.25, 0.3) is 5.69 Å². The second-order valence-corrected chi connectivity index (χ2v) is 5.23. The number of nitrogens with one attached hydrogen (secondary N) is 1. The molecule has 3 aromatic rings. The molecular weight excluding hydrogens is 294 g/mol. The summed E-state index contributed by atoms with van der Waals surface area (Å²) < 4.78 is 12.4. The van der Waals surface area contributed by atoms with E-state index in [4.69, 9.17) is 9.47 Å². The first-order valence-corrected chi connectivity index (χ1v) is 7.31. The number of rotatable bonds is 4. The van der Waals surface area contributed by atoms with E-state index in [2.05, 4.69) is 20.8 Å². The largest absolute Gasteiger partial charge is 0.454 e. The summed E-state index contributed by atoms with van der Waals surface area (Å²) in [5, 5.41) is 15.2. The topological polar surface area (TPSA) is 74.1 Å². The van der Waals surface area contributed by atoms with Crippen LogP contribution in [0.2, 0.25) is 0 Å². The molecule has 0 spiro atoms. The quantitative estimate of drug-likeness (QED) is 0.798. The molecule has 1 aromatic heterocycles. The highest BCUT2D eigenvalue weighted by atomic mass is 16.7. The minimum absolute atomic E-state index is 0.0120. The average Bonchev–Trinajstić information content (AvgIpc) is 3.23. The van der Waals surface area contributed by atoms with Gasteiger partial charge in [0.2, 0.25) is 12.7 Å². The molecule has 2 heterocycles. The van der Waals surface area contributed by atoms with Gasteiger partial charge in [-0.1, -0.05) is 29.4 Å². The van der Waals surface area contributed by atoms with Crippen molar-refractivity contribution in [2.24, 2.45) is 0 Å². The van der Waals surface area contributed by atoms with Crippen LogP contribution >= 0.6 is 0 Å². The standard InChI is InChI=1S/C16H15N5O2/c1-11(12-7-8-14-15(9-12)23-10-22-14)17-16-18-19-20-21(16)13-5-3-2-4-6-13/h2-9,11H,10H2,1H3,(H,17,18,20). The Balaban J connectivity index is 1.58. The van der Waals surface area contributed by atoms with Crippen LogP contribution in [-0.4, -0.2) is 27.0 Å². The molecule has 1 N–H and O–H groups in total. The number of aromatic nitrogens is 4. The van der Waals surface area contributed by atoms with Crippen molar-refractivity contribution in [3.8, 4) is 17.2 Å². The van der Waals surface area contributed by atoms with Crippen LogP contribution in [0.3, 0.4) is 0 Å². The highest BCUT2D eigenvalue weighted by molar-refractivity contribution is 5.47. The van der Waals surface area contributed by atoms with E-state index in [9.17, 15) is 0 Å². The van der Waals surface area contributed by atoms with E-state index in [1.54, 1.807) is 4.68 Å². The second kappa shape index (κ2) is 5.60. The van der Waals surface area contributed by atoms with Crippen LogP contribution in [0, 0.1) is 0 Å². The van der Waals surface area contributed by atoms with Gasteiger partial charge in [0.05, 0.1) is 11.7 Å². The van der Waals surface area contributed by atoms with Gasteiger partial charge in [-0.15, -0.1) is 0 Å². The molecule has 0 bridgehead atoms. The van der Waals surface area contributed by atoms with Crippen molar-refractivity contribution >= 4 is 5.95 Å². The van der Waals surface area contributed by atoms with Gasteiger partial charge in [-0.25, -0.2) is 0 Å². The third-order valence-corrected chi connectivity index (χ3v) is 3.71. The summed E-state index contributed by atoms with van der Waals surface area (Å²) in [6, 6.07) is 15.6. The maximum Gasteiger partial charge on any atom is 0.248 e. The predicted molar refractivity (Wildman–Crippen MR) is 83.8 cm³/mol. The van der Waals surface area contributed by atoms with E-state index >= 15 is 0 Å². The summed E-state index contributed by atoms with van der Waals surface area (Å²) in [4.78, 5) is 0. The van der Waals surface area contributed by atoms with Crippen LogP contribution in [0.1, 0.15) is 18.5 Å². The number of nitrogens with zero attached hydrogens (tertiary/aromatic N) is 4. The fourth-order valence-corrected chi connectivity index (χ4v) is 2.48. The summed E-state index contributed by atoms with van der Waals surface area (Å²) in [5.74, 6) is 2.12. The van der Waals surface area contributed by atoms with Gasteiger partial charge in [-0.2, -0.15) is 4.68 Å². The third kappa shape index (κ3) is 2.57. The summed E-state index contributed by atoms with van der Waals surface area (Å²) in [5.41, 5.74) is 1.97. The van der Waals surface area contributed by atoms with Crippen LogP contribution in [0.5, 0.6) is 11.5 Å². The molecule has 116 valence electrons. The third-order valence-electron chi connectivity index (χ3n) is 3.71. The molecule has 7 heteroatoms. The molecule has 1 aliphatic heterocycles. The van der Waals surface area contributed by atoms with E-state index < -0.39 is 0 Å². The molecule has 2 aromatic carbocycles. The second-order valence-electron chi connectivity index (χ2n) is 5.23. The van der Waals surface area contributed by atoms with E-state index in [1.807, 2.05) is 55.5 Å². The number of para-hydroxylation sites is 1. The van der Waals surface area contributed by atoms with Gasteiger partial charge in [0.15, 0.2) is 11.5 Å². The zero-order valence-electron chi connectivity index (χ0n) is 12.5. The molecule has 23 heavy (non-hydrogen) atoms. The van der Waals surface area contributed by atoms with Gasteiger partial charge < -0.3 is 14.8 Å². The summed E-state index contributed by atoms with van der Waals surface area (Å²) in [6.45, 7) is 2.31. The Bertz CT molecular complexity index is 818. The van der Waals surface area contributed by atoms with Gasteiger partial charge in [0.1, 0.15) is 0 Å². The molecule has 0 aliphatic carbocycles. The van der Waals surface area contributed by atoms with Crippen molar-refractivity contribution < 1.29 is 9.47 Å². The maximum atomic E-state index is 5.42. The summed E-state index contributed by atoms with van der Waals surface area (Å²) in [6.07, 6.45) is 0. The van der Waals surface area contributed by atoms with Crippen molar-refractivity contribution in [1.82, 2.24) is 20.2 Å². The van der Waals surface area contributed by atoms with E-state index in [1.165, 1.54) is 0 Å². The number of hydrogen-bond acceptors (Lipinski definition) is 6. The molecule has 1 atom stereocenters. The summed E-state index contributed by atoms with van der Waals surface area (Å²) in [7, 11) is 0. The number of hydrogen-bond donors (Lipinski definition) is 1. The molecule has 0 radical (unpaired) electrons. The smallest absolute Gasteiger partial charge is 0.248 e. The van der Waals surface area contributed by atoms with E-state index in [0.29, 0.717) is 5.95 Å². The van der Waals surface area contributed by atoms with Crippen LogP contribution in [0.15, 0.2) is 48.5 Å². The molecule has 0 fully saturated rings. The predicted octanol–water partition coefficient (Wildman–Crippen LogP) is 2.56. The normalized spacial score (nSPS) is 13.8. The van der Waals surface area contributed by atoms with Gasteiger partial charge in [0.25, 0.3) is 0 Å². The monoisotopic (exact) mass is 309 g/mol. The number of fused-ring (bicyclic) bond motifs is 1. The molecular formula is C16H15N5O2. The molecule has 0 amide bonds. The van der Waals surface area contributed by atoms with Crippen LogP contribution in [0.4, 0.5) is 5.95 Å². The minimum Gasteiger partial charge on any atom is -0.454 e. The van der Waals surface area contributed by atoms with E-state index in [0.717, 1.165) is 22.7 Å². The van der Waals surface area contributed by atoms with Crippen molar-refractivity contribution in [3.05, 3.63) is 54.1 Å². The van der Waals surface area contributed by atoms with Gasteiger partial charge >= 0.3 is 0 Å². The maximum absolute atomic E-state index is 5.42. The fraction of sp³-hybridized carbons (Fsp3) is 0.188. The molecule has 1 unspecified atom stereocenters. The fourth-order valence-electron chi connectivity index (χ4n) is 2.48. The molecule has 7 nitrogen and oxygen atoms in total. The van der Waals surface area contributed by atoms with Crippen molar-refractivity contribution in [2.75, 3.05) is 12.1 Å². The first-order chi connectivity index (χ1) is 11.3. The highest BCUT2D eigenvalue weighted by Crippen LogP contribution is 2.34. The van der Waals surface area contributed by atoms with Gasteiger partial charge in [-0.05, 0) is 47.2 Å². The number of ether oxygens (including phenoxy) is 2. The lowest BCUT2D eigenvalue weighted by atomic mass is 10.1. The number of tetrazole rings is 1. The first-order valence-electron chi connectivity index (χ1n) is 7.31. The minimum atomic E-state index is 0.0120. The van der Waals surface area contributed by atoms with Gasteiger partial charge in [0, 0.05) is 0 Å². The Labute approximate surface area is 132 Å². The molecule has 1 aliphatic rings. The molecule has 0 saturated heterocycles. The molecule has 0 saturated carbocycles. The zero-order chi connectivity index (χ0) is 15.6. The van der Waals surface area contributed by atoms with Crippen molar-refractivity contribution in [1.29, 1.82) is 0 Å². The molecule has 4 rings (SSSR count). The lowest BCUT2D eigenvalue weighted by Crippen LogP contribution is -2.11. The van der Waals surface area contributed by atoms with E-state index in [-0.39, 0.29) is 12.8 Å². The SMILES string of the molecule is CC(Nc1nnnn1-c1ccccc1)c1ccc2c(c1)OCO2. The Kier molecular flexibility index (Phi) is 3.30. The van der Waals surface area contributed by atoms with Crippen molar-refractivity contribution in [3.63, 3.8) is 0 Å². The first kappa shape index (κ1) is 13.6. The van der Waals surface area contributed by atoms with Crippen LogP contribution in [-0.2, 0) is 0 Å². The summed E-state index contributed by atoms with van der Waals surface area (Å²) >= 11 is 0. The number of anilines is 1. The van der Waals surface area contributed by atoms with Crippen LogP contribution < -0.4 is 14.8 Å². The Hall–Kier alpha value is -3.09. The lowest BCUT2D eigenvalue weighted by Gasteiger charge is -2.15. The van der Waals surface area contributed by atoms with Crippen molar-refractivity contribution in [2.45, 2.75) is 13.0 Å². The Morgan fingerprint density at radius 3 is 2.78 bits per heavy atom. The lowest BCUT2D eigenvalue weighted by molar-refractivity contribution is 0.174. The highest BCUT2D eigenvalue weighted by Gasteiger charge is 2.17. The zero-order valence-corrected chi connectivity index (χ0v) is 12.5. The Morgan fingerprint density at radius 1 is 1.09 bits per heavy atom. The number of benzene rings is 2. The average molecular weight is 309 g/mol. The Morgan fingerprint density at radius 2 is 1.91 bits per heavy atom.